The Labute approximate surface area is 169 Å². The van der Waals surface area contributed by atoms with Gasteiger partial charge in [-0.2, -0.15) is 0 Å². The van der Waals surface area contributed by atoms with Gasteiger partial charge in [-0.05, 0) is 49.9 Å². The molecular weight excluding hydrogens is 356 g/mol. The number of azo groups is 1. The van der Waals surface area contributed by atoms with Crippen LogP contribution in [0.4, 0.5) is 11.4 Å². The summed E-state index contributed by atoms with van der Waals surface area (Å²) in [6, 6.07) is 28.7. The Kier molecular flexibility index (Phi) is 3.44. The maximum Gasteiger partial charge on any atom is 0.249 e. The van der Waals surface area contributed by atoms with Crippen LogP contribution in [0.1, 0.15) is 22.3 Å². The van der Waals surface area contributed by atoms with E-state index in [1.165, 1.54) is 27.8 Å². The second kappa shape index (κ2) is 6.14. The summed E-state index contributed by atoms with van der Waals surface area (Å²) in [7, 11) is 0. The molecule has 0 bridgehead atoms. The van der Waals surface area contributed by atoms with Gasteiger partial charge in [-0.1, -0.05) is 72.8 Å². The first-order valence-corrected chi connectivity index (χ1v) is 9.89. The van der Waals surface area contributed by atoms with Crippen LogP contribution in [-0.4, -0.2) is 4.86 Å². The Bertz CT molecular complexity index is 1320. The fraction of sp³-hybridized carbons (Fsp3) is 0.0769. The van der Waals surface area contributed by atoms with E-state index in [9.17, 15) is 5.21 Å². The monoisotopic (exact) mass is 374 g/mol. The zero-order chi connectivity index (χ0) is 19.4. The molecule has 0 N–H and O–H groups in total. The van der Waals surface area contributed by atoms with E-state index in [0.29, 0.717) is 5.69 Å². The van der Waals surface area contributed by atoms with E-state index in [1.807, 2.05) is 30.3 Å². The second-order valence-electron chi connectivity index (χ2n) is 7.65. The molecule has 3 heteroatoms. The number of hydrogen-bond acceptors (Lipinski definition) is 2. The van der Waals surface area contributed by atoms with E-state index >= 15 is 0 Å². The molecule has 0 fully saturated rings. The van der Waals surface area contributed by atoms with Gasteiger partial charge in [0.05, 0.1) is 0 Å². The number of rotatable bonds is 2. The van der Waals surface area contributed by atoms with Crippen molar-refractivity contribution in [3.63, 3.8) is 0 Å². The van der Waals surface area contributed by atoms with Crippen LogP contribution in [0.3, 0.4) is 0 Å². The Morgan fingerprint density at radius 3 is 1.86 bits per heavy atom. The van der Waals surface area contributed by atoms with E-state index < -0.39 is 0 Å². The van der Waals surface area contributed by atoms with Crippen molar-refractivity contribution in [2.45, 2.75) is 12.8 Å². The lowest BCUT2D eigenvalue weighted by Crippen LogP contribution is -1.96. The molecule has 0 aromatic heterocycles. The number of fused-ring (bicyclic) bond motifs is 6. The van der Waals surface area contributed by atoms with E-state index in [-0.39, 0.29) is 0 Å². The molecule has 2 aliphatic rings. The van der Waals surface area contributed by atoms with Gasteiger partial charge in [0, 0.05) is 29.6 Å². The highest BCUT2D eigenvalue weighted by Gasteiger charge is 2.26. The SMILES string of the molecule is [O-][N+](=Nc1cccc2c1Cc1ccccc1-2)c1cccc2c1Cc1ccccc1-2. The minimum absolute atomic E-state index is 0.631. The third-order valence-corrected chi connectivity index (χ3v) is 6.06. The smallest absolute Gasteiger partial charge is 0.249 e. The molecule has 4 aromatic rings. The Morgan fingerprint density at radius 1 is 0.586 bits per heavy atom. The number of nitrogens with zero attached hydrogens (tertiary/aromatic N) is 2. The first kappa shape index (κ1) is 16.3. The first-order chi connectivity index (χ1) is 14.3. The summed E-state index contributed by atoms with van der Waals surface area (Å²) in [5.41, 5.74) is 10.9. The zero-order valence-electron chi connectivity index (χ0n) is 15.8. The molecule has 0 radical (unpaired) electrons. The third-order valence-electron chi connectivity index (χ3n) is 6.06. The van der Waals surface area contributed by atoms with Gasteiger partial charge in [-0.25, -0.2) is 0 Å². The van der Waals surface area contributed by atoms with Gasteiger partial charge in [0.25, 0.3) is 0 Å². The van der Waals surface area contributed by atoms with Crippen molar-refractivity contribution in [1.82, 2.24) is 0 Å². The predicted molar refractivity (Wildman–Crippen MR) is 115 cm³/mol. The van der Waals surface area contributed by atoms with Crippen LogP contribution in [0, 0.1) is 5.21 Å². The van der Waals surface area contributed by atoms with Gasteiger partial charge in [-0.3, -0.25) is 0 Å². The topological polar surface area (TPSA) is 38.4 Å². The van der Waals surface area contributed by atoms with Gasteiger partial charge < -0.3 is 5.21 Å². The fourth-order valence-corrected chi connectivity index (χ4v) is 4.71. The molecule has 0 unspecified atom stereocenters. The highest BCUT2D eigenvalue weighted by atomic mass is 16.5. The van der Waals surface area contributed by atoms with Crippen molar-refractivity contribution in [3.8, 4) is 22.3 Å². The minimum atomic E-state index is 0.631. The van der Waals surface area contributed by atoms with Crippen molar-refractivity contribution < 1.29 is 4.86 Å². The average Bonchev–Trinajstić information content (AvgIpc) is 3.32. The zero-order valence-corrected chi connectivity index (χ0v) is 15.8. The molecule has 0 spiro atoms. The quantitative estimate of drug-likeness (QED) is 0.188. The molecule has 0 saturated carbocycles. The molecule has 0 atom stereocenters. The van der Waals surface area contributed by atoms with Crippen LogP contribution >= 0.6 is 0 Å². The van der Waals surface area contributed by atoms with Gasteiger partial charge in [0.2, 0.25) is 5.69 Å². The molecule has 3 nitrogen and oxygen atoms in total. The van der Waals surface area contributed by atoms with Crippen LogP contribution in [0.15, 0.2) is 90.0 Å². The highest BCUT2D eigenvalue weighted by molar-refractivity contribution is 5.81. The maximum atomic E-state index is 13.1. The fourth-order valence-electron chi connectivity index (χ4n) is 4.71. The van der Waals surface area contributed by atoms with Crippen molar-refractivity contribution in [1.29, 1.82) is 0 Å². The summed E-state index contributed by atoms with van der Waals surface area (Å²) in [5.74, 6) is 0. The van der Waals surface area contributed by atoms with Gasteiger partial charge in [-0.15, -0.1) is 0 Å². The summed E-state index contributed by atoms with van der Waals surface area (Å²) in [4.78, 5) is 0.809. The van der Waals surface area contributed by atoms with Crippen LogP contribution in [0.25, 0.3) is 22.3 Å². The second-order valence-corrected chi connectivity index (χ2v) is 7.65. The molecule has 4 aromatic carbocycles. The van der Waals surface area contributed by atoms with Crippen LogP contribution in [0.2, 0.25) is 0 Å². The lowest BCUT2D eigenvalue weighted by atomic mass is 10.0. The Balaban J connectivity index is 1.45. The largest absolute Gasteiger partial charge is 0.594 e. The summed E-state index contributed by atoms with van der Waals surface area (Å²) in [6.07, 6.45) is 1.59. The summed E-state index contributed by atoms with van der Waals surface area (Å²) in [6.45, 7) is 0. The van der Waals surface area contributed by atoms with Crippen molar-refractivity contribution >= 4 is 11.4 Å². The third kappa shape index (κ3) is 2.44. The molecule has 29 heavy (non-hydrogen) atoms. The van der Waals surface area contributed by atoms with Crippen LogP contribution in [-0.2, 0) is 12.8 Å². The van der Waals surface area contributed by atoms with Crippen LogP contribution in [0.5, 0.6) is 0 Å². The van der Waals surface area contributed by atoms with E-state index in [4.69, 9.17) is 0 Å². The molecule has 0 heterocycles. The average molecular weight is 374 g/mol. The number of benzene rings is 4. The van der Waals surface area contributed by atoms with Gasteiger partial charge in [0.15, 0.2) is 0 Å². The molecule has 0 aliphatic heterocycles. The summed E-state index contributed by atoms with van der Waals surface area (Å²) < 4.78 is 0. The predicted octanol–water partition coefficient (Wildman–Crippen LogP) is 6.75. The van der Waals surface area contributed by atoms with E-state index in [0.717, 1.165) is 40.1 Å². The molecule has 2 aliphatic carbocycles. The van der Waals surface area contributed by atoms with Crippen molar-refractivity contribution in [2.24, 2.45) is 5.11 Å². The Hall–Kier alpha value is -3.72. The summed E-state index contributed by atoms with van der Waals surface area (Å²) in [5, 5.41) is 17.6. The maximum absolute atomic E-state index is 13.1. The van der Waals surface area contributed by atoms with Gasteiger partial charge in [0.1, 0.15) is 5.69 Å². The molecule has 138 valence electrons. The Morgan fingerprint density at radius 2 is 1.14 bits per heavy atom. The van der Waals surface area contributed by atoms with Crippen LogP contribution < -0.4 is 0 Å². The van der Waals surface area contributed by atoms with E-state index in [2.05, 4.69) is 59.7 Å². The van der Waals surface area contributed by atoms with E-state index in [1.54, 1.807) is 0 Å². The molecule has 6 rings (SSSR count). The minimum Gasteiger partial charge on any atom is -0.594 e. The highest BCUT2D eigenvalue weighted by Crippen LogP contribution is 2.43. The molecular formula is C26H18N2O. The normalized spacial score (nSPS) is 13.6. The number of hydrogen-bond donors (Lipinski definition) is 0. The standard InChI is InChI=1S/C26H18N2O/c29-28(26-14-6-12-22-20-10-4-2-8-18(20)16-24(22)26)27-25-13-5-11-21-19-9-3-1-7-17(19)15-23(21)25/h1-14H,15-16H2. The first-order valence-electron chi connectivity index (χ1n) is 9.89. The lowest BCUT2D eigenvalue weighted by Gasteiger charge is -2.07. The van der Waals surface area contributed by atoms with Gasteiger partial charge >= 0.3 is 0 Å². The van der Waals surface area contributed by atoms with Crippen molar-refractivity contribution in [2.75, 3.05) is 0 Å². The van der Waals surface area contributed by atoms with Crippen molar-refractivity contribution in [3.05, 3.63) is 112 Å². The summed E-state index contributed by atoms with van der Waals surface area (Å²) >= 11 is 0. The molecule has 0 amide bonds. The molecule has 0 saturated heterocycles. The lowest BCUT2D eigenvalue weighted by molar-refractivity contribution is -0.435.